The third-order valence-electron chi connectivity index (χ3n) is 1.93. The minimum atomic E-state index is -0.338. The van der Waals surface area contributed by atoms with E-state index in [9.17, 15) is 4.79 Å². The van der Waals surface area contributed by atoms with E-state index in [0.717, 1.165) is 11.1 Å². The number of methoxy groups -OCH3 is 1. The maximum absolute atomic E-state index is 10.8. The molecular weight excluding hydrogens is 188 g/mol. The van der Waals surface area contributed by atoms with Crippen LogP contribution in [0, 0.1) is 12.3 Å². The number of allylic oxidation sites excluding steroid dienone is 1. The molecule has 0 fully saturated rings. The van der Waals surface area contributed by atoms with Crippen LogP contribution in [0.15, 0.2) is 36.4 Å². The van der Waals surface area contributed by atoms with Crippen LogP contribution in [0.2, 0.25) is 0 Å². The highest BCUT2D eigenvalue weighted by molar-refractivity contribution is 5.81. The molecule has 2 heteroatoms. The maximum Gasteiger partial charge on any atom is 0.330 e. The minimum absolute atomic E-state index is 0.338. The van der Waals surface area contributed by atoms with Crippen molar-refractivity contribution in [2.45, 2.75) is 6.42 Å². The van der Waals surface area contributed by atoms with Crippen LogP contribution in [0.4, 0.5) is 0 Å². The summed E-state index contributed by atoms with van der Waals surface area (Å²) < 4.78 is 4.47. The lowest BCUT2D eigenvalue weighted by atomic mass is 10.1. The summed E-state index contributed by atoms with van der Waals surface area (Å²) in [6.45, 7) is 0. The molecule has 0 atom stereocenters. The fraction of sp³-hybridized carbons (Fsp3) is 0.154. The van der Waals surface area contributed by atoms with E-state index in [0.29, 0.717) is 6.42 Å². The summed E-state index contributed by atoms with van der Waals surface area (Å²) in [7, 11) is 1.36. The predicted molar refractivity (Wildman–Crippen MR) is 59.2 cm³/mol. The molecule has 0 aliphatic heterocycles. The molecule has 0 saturated carbocycles. The van der Waals surface area contributed by atoms with Gasteiger partial charge in [-0.25, -0.2) is 4.79 Å². The molecule has 1 aromatic rings. The number of rotatable bonds is 3. The lowest BCUT2D eigenvalue weighted by Crippen LogP contribution is -1.94. The first-order valence-corrected chi connectivity index (χ1v) is 4.56. The Labute approximate surface area is 89.6 Å². The molecule has 0 radical (unpaired) electrons. The molecule has 15 heavy (non-hydrogen) atoms. The Morgan fingerprint density at radius 2 is 2.13 bits per heavy atom. The second-order valence-corrected chi connectivity index (χ2v) is 2.97. The number of carbonyl (C=O) groups is 1. The fourth-order valence-corrected chi connectivity index (χ4v) is 1.10. The predicted octanol–water partition coefficient (Wildman–Crippen LogP) is 1.94. The summed E-state index contributed by atoms with van der Waals surface area (Å²) in [5.41, 5.74) is 1.96. The molecular formula is C13H12O2. The zero-order valence-electron chi connectivity index (χ0n) is 8.57. The van der Waals surface area contributed by atoms with Crippen molar-refractivity contribution in [1.82, 2.24) is 0 Å². The summed E-state index contributed by atoms with van der Waals surface area (Å²) in [6.07, 6.45) is 9.10. The molecule has 0 amide bonds. The van der Waals surface area contributed by atoms with Gasteiger partial charge in [-0.05, 0) is 24.1 Å². The average molecular weight is 200 g/mol. The highest BCUT2D eigenvalue weighted by Crippen LogP contribution is 2.04. The summed E-state index contributed by atoms with van der Waals surface area (Å²) in [6, 6.07) is 7.64. The van der Waals surface area contributed by atoms with Crippen LogP contribution >= 0.6 is 0 Å². The van der Waals surface area contributed by atoms with E-state index in [-0.39, 0.29) is 5.97 Å². The van der Waals surface area contributed by atoms with Crippen LogP contribution in [0.3, 0.4) is 0 Å². The van der Waals surface area contributed by atoms with Crippen LogP contribution in [0.5, 0.6) is 0 Å². The van der Waals surface area contributed by atoms with Crippen molar-refractivity contribution in [3.05, 3.63) is 47.5 Å². The molecule has 0 aliphatic carbocycles. The van der Waals surface area contributed by atoms with Crippen LogP contribution in [0.1, 0.15) is 11.1 Å². The molecule has 0 unspecified atom stereocenters. The monoisotopic (exact) mass is 200 g/mol. The van der Waals surface area contributed by atoms with Crippen molar-refractivity contribution >= 4 is 5.97 Å². The number of ether oxygens (including phenoxy) is 1. The topological polar surface area (TPSA) is 26.3 Å². The number of hydrogen-bond acceptors (Lipinski definition) is 2. The number of terminal acetylenes is 1. The number of carbonyl (C=O) groups excluding carboxylic acids is 1. The van der Waals surface area contributed by atoms with Gasteiger partial charge in [0.1, 0.15) is 0 Å². The molecule has 0 saturated heterocycles. The molecule has 0 spiro atoms. The van der Waals surface area contributed by atoms with Crippen molar-refractivity contribution < 1.29 is 9.53 Å². The van der Waals surface area contributed by atoms with E-state index in [4.69, 9.17) is 6.42 Å². The number of benzene rings is 1. The molecule has 0 heterocycles. The Bertz CT molecular complexity index is 394. The van der Waals surface area contributed by atoms with Gasteiger partial charge in [0.25, 0.3) is 0 Å². The molecule has 0 N–H and O–H groups in total. The Morgan fingerprint density at radius 1 is 1.47 bits per heavy atom. The summed E-state index contributed by atoms with van der Waals surface area (Å²) >= 11 is 0. The molecule has 0 aromatic heterocycles. The van der Waals surface area contributed by atoms with Gasteiger partial charge in [0.05, 0.1) is 7.11 Å². The number of esters is 1. The molecule has 0 aliphatic rings. The Hall–Kier alpha value is -2.01. The third-order valence-corrected chi connectivity index (χ3v) is 1.93. The van der Waals surface area contributed by atoms with E-state index >= 15 is 0 Å². The summed E-state index contributed by atoms with van der Waals surface area (Å²) in [5.74, 6) is 2.21. The first-order valence-electron chi connectivity index (χ1n) is 4.56. The van der Waals surface area contributed by atoms with Crippen molar-refractivity contribution in [3.8, 4) is 12.3 Å². The molecule has 2 nitrogen and oxygen atoms in total. The second kappa shape index (κ2) is 5.66. The Morgan fingerprint density at radius 3 is 2.67 bits per heavy atom. The van der Waals surface area contributed by atoms with Gasteiger partial charge in [0, 0.05) is 11.6 Å². The first-order chi connectivity index (χ1) is 7.26. The minimum Gasteiger partial charge on any atom is -0.466 e. The van der Waals surface area contributed by atoms with Crippen LogP contribution in [0.25, 0.3) is 0 Å². The van der Waals surface area contributed by atoms with Crippen molar-refractivity contribution in [2.24, 2.45) is 0 Å². The molecule has 1 aromatic carbocycles. The van der Waals surface area contributed by atoms with Gasteiger partial charge in [-0.1, -0.05) is 24.1 Å². The highest BCUT2D eigenvalue weighted by Gasteiger charge is 1.92. The lowest BCUT2D eigenvalue weighted by molar-refractivity contribution is -0.134. The van der Waals surface area contributed by atoms with Gasteiger partial charge in [-0.2, -0.15) is 0 Å². The average Bonchev–Trinajstić information content (AvgIpc) is 2.29. The van der Waals surface area contributed by atoms with Gasteiger partial charge < -0.3 is 4.74 Å². The van der Waals surface area contributed by atoms with E-state index in [1.165, 1.54) is 13.2 Å². The van der Waals surface area contributed by atoms with Crippen LogP contribution in [-0.2, 0) is 16.0 Å². The standard InChI is InChI=1S/C13H12O2/c1-3-11-7-9-12(10-8-11)5-4-6-13(14)15-2/h1,4,6-10H,5H2,2H3/b6-4+. The normalized spacial score (nSPS) is 9.87. The van der Waals surface area contributed by atoms with Gasteiger partial charge in [0.15, 0.2) is 0 Å². The van der Waals surface area contributed by atoms with Crippen molar-refractivity contribution in [2.75, 3.05) is 7.11 Å². The first kappa shape index (κ1) is 11.1. The number of hydrogen-bond donors (Lipinski definition) is 0. The lowest BCUT2D eigenvalue weighted by Gasteiger charge is -1.96. The van der Waals surface area contributed by atoms with Gasteiger partial charge >= 0.3 is 5.97 Å². The van der Waals surface area contributed by atoms with E-state index in [1.54, 1.807) is 6.08 Å². The third kappa shape index (κ3) is 3.70. The Balaban J connectivity index is 2.55. The second-order valence-electron chi connectivity index (χ2n) is 2.97. The highest BCUT2D eigenvalue weighted by atomic mass is 16.5. The van der Waals surface area contributed by atoms with Crippen LogP contribution in [-0.4, -0.2) is 13.1 Å². The zero-order valence-corrected chi connectivity index (χ0v) is 8.57. The molecule has 76 valence electrons. The van der Waals surface area contributed by atoms with E-state index in [1.807, 2.05) is 24.3 Å². The molecule has 0 bridgehead atoms. The van der Waals surface area contributed by atoms with Gasteiger partial charge in [0.2, 0.25) is 0 Å². The Kier molecular flexibility index (Phi) is 4.18. The fourth-order valence-electron chi connectivity index (χ4n) is 1.10. The van der Waals surface area contributed by atoms with Crippen molar-refractivity contribution in [1.29, 1.82) is 0 Å². The quantitative estimate of drug-likeness (QED) is 0.423. The van der Waals surface area contributed by atoms with Crippen molar-refractivity contribution in [3.63, 3.8) is 0 Å². The zero-order chi connectivity index (χ0) is 11.1. The SMILES string of the molecule is C#Cc1ccc(C/C=C/C(=O)OC)cc1. The van der Waals surface area contributed by atoms with E-state index < -0.39 is 0 Å². The van der Waals surface area contributed by atoms with Crippen LogP contribution < -0.4 is 0 Å². The van der Waals surface area contributed by atoms with Gasteiger partial charge in [-0.3, -0.25) is 0 Å². The molecule has 1 rings (SSSR count). The summed E-state index contributed by atoms with van der Waals surface area (Å²) in [4.78, 5) is 10.8. The maximum atomic E-state index is 10.8. The summed E-state index contributed by atoms with van der Waals surface area (Å²) in [5, 5.41) is 0. The van der Waals surface area contributed by atoms with Gasteiger partial charge in [-0.15, -0.1) is 6.42 Å². The largest absolute Gasteiger partial charge is 0.466 e. The smallest absolute Gasteiger partial charge is 0.330 e. The van der Waals surface area contributed by atoms with E-state index in [2.05, 4.69) is 10.7 Å².